The van der Waals surface area contributed by atoms with Crippen molar-refractivity contribution in [1.29, 1.82) is 0 Å². The Kier molecular flexibility index (Phi) is 6.01. The van der Waals surface area contributed by atoms with Crippen LogP contribution in [0.2, 0.25) is 0 Å². The first-order valence-corrected chi connectivity index (χ1v) is 16.7. The van der Waals surface area contributed by atoms with Gasteiger partial charge in [-0.05, 0) is 43.9 Å². The second kappa shape index (κ2) is 9.01. The van der Waals surface area contributed by atoms with E-state index in [-0.39, 0.29) is 12.2 Å². The number of hydrogen-bond acceptors (Lipinski definition) is 13. The van der Waals surface area contributed by atoms with Gasteiger partial charge in [-0.25, -0.2) is 4.79 Å². The molecule has 2 unspecified atom stereocenters. The van der Waals surface area contributed by atoms with Gasteiger partial charge in [-0.15, -0.1) is 0 Å². The first-order chi connectivity index (χ1) is 21.8. The third kappa shape index (κ3) is 3.41. The average molecular weight is 659 g/mol. The lowest BCUT2D eigenvalue weighted by Gasteiger charge is -2.62. The maximum Gasteiger partial charge on any atom is 0.341 e. The largest absolute Gasteiger partial charge is 0.462 e. The van der Waals surface area contributed by atoms with Gasteiger partial charge < -0.3 is 33.5 Å². The number of fused-ring (bicyclic) bond motifs is 9. The second-order valence-electron chi connectivity index (χ2n) is 16.3. The summed E-state index contributed by atoms with van der Waals surface area (Å²) in [7, 11) is 0. The molecule has 5 aliphatic carbocycles. The Hall–Kier alpha value is -2.90. The van der Waals surface area contributed by atoms with E-state index in [9.17, 15) is 33.9 Å². The van der Waals surface area contributed by atoms with Crippen molar-refractivity contribution in [3.05, 3.63) is 0 Å². The fraction of sp³-hybridized carbons (Fsp3) is 0.824. The van der Waals surface area contributed by atoms with Crippen LogP contribution in [0.15, 0.2) is 0 Å². The summed E-state index contributed by atoms with van der Waals surface area (Å²) in [6.45, 7) is 12.4. The van der Waals surface area contributed by atoms with Crippen LogP contribution in [-0.4, -0.2) is 88.6 Å². The number of carbonyl (C=O) groups is 6. The van der Waals surface area contributed by atoms with E-state index in [1.807, 2.05) is 20.8 Å². The first-order valence-electron chi connectivity index (χ1n) is 16.7. The third-order valence-corrected chi connectivity index (χ3v) is 14.4. The van der Waals surface area contributed by atoms with Gasteiger partial charge in [-0.1, -0.05) is 20.8 Å². The summed E-state index contributed by atoms with van der Waals surface area (Å²) in [6.07, 6.45) is -3.62. The summed E-state index contributed by atoms with van der Waals surface area (Å²) in [5.74, 6) is -11.1. The third-order valence-electron chi connectivity index (χ3n) is 14.4. The van der Waals surface area contributed by atoms with E-state index in [1.54, 1.807) is 6.92 Å². The Morgan fingerprint density at radius 3 is 2.04 bits per heavy atom. The fourth-order valence-electron chi connectivity index (χ4n) is 12.6. The molecule has 13 heteroatoms. The maximum absolute atomic E-state index is 14.7. The van der Waals surface area contributed by atoms with Gasteiger partial charge in [-0.2, -0.15) is 0 Å². The summed E-state index contributed by atoms with van der Waals surface area (Å²) >= 11 is 0. The fourth-order valence-corrected chi connectivity index (χ4v) is 12.6. The SMILES string of the molecule is CC(=O)O[C@H]1[C@@H]2[C@H]([C@H](C)[C@H]3O[C@]34OC(=O)[C@@](C)(O)[C@]24C)[C@]2(C)[C@@H]1C1C(=O)C(=O)[C@H]3C[C@@H]4O[C@@H]4C[C@]3(C)C1[C@H](OC(C)=O)[C@@H]2OC(C)=O. The van der Waals surface area contributed by atoms with Crippen LogP contribution in [0.5, 0.6) is 0 Å². The van der Waals surface area contributed by atoms with Gasteiger partial charge in [0.15, 0.2) is 5.60 Å². The lowest BCUT2D eigenvalue weighted by molar-refractivity contribution is -0.244. The molecule has 3 aliphatic heterocycles. The van der Waals surface area contributed by atoms with Crippen LogP contribution in [0.25, 0.3) is 0 Å². The highest BCUT2D eigenvalue weighted by Gasteiger charge is 2.93. The van der Waals surface area contributed by atoms with E-state index in [0.717, 1.165) is 0 Å². The van der Waals surface area contributed by atoms with E-state index >= 15 is 0 Å². The number of carbonyl (C=O) groups excluding carboxylic acids is 6. The van der Waals surface area contributed by atoms with Crippen LogP contribution in [0.1, 0.15) is 68.2 Å². The second-order valence-corrected chi connectivity index (χ2v) is 16.3. The van der Waals surface area contributed by atoms with Gasteiger partial charge in [0, 0.05) is 55.8 Å². The van der Waals surface area contributed by atoms with Crippen LogP contribution in [0.3, 0.4) is 0 Å². The Morgan fingerprint density at radius 2 is 1.43 bits per heavy atom. The predicted octanol–water partition coefficient (Wildman–Crippen LogP) is 1.29. The number of rotatable bonds is 3. The van der Waals surface area contributed by atoms with Crippen molar-refractivity contribution in [3.8, 4) is 0 Å². The standard InChI is InChI=1S/C34H42O13/c1-11-19-22(32(7)33(8,41)29(40)47-34(32)27(11)46-34)25(42-12(2)35)21-18-20(26(43-13(3)36)28(31(19,21)6)44-14(4)37)30(5)10-17-16(45-17)9-15(30)23(38)24(18)39/h11,15-22,25-28,41H,9-10H2,1-8H3/t11-,15+,16-,17+,18?,19-,20?,21+,22-,25+,26-,27+,28-,30-,31+,32-,33+,34-/m0/s1. The molecule has 5 saturated carbocycles. The first kappa shape index (κ1) is 31.4. The topological polar surface area (TPSA) is 185 Å². The number of ketones is 2. The zero-order valence-corrected chi connectivity index (χ0v) is 27.8. The molecule has 3 heterocycles. The van der Waals surface area contributed by atoms with Crippen molar-refractivity contribution < 1.29 is 62.3 Å². The normalized spacial score (nSPS) is 57.5. The molecule has 256 valence electrons. The van der Waals surface area contributed by atoms with Crippen molar-refractivity contribution in [3.63, 3.8) is 0 Å². The lowest BCUT2D eigenvalue weighted by atomic mass is 9.42. The van der Waals surface area contributed by atoms with Gasteiger partial charge in [-0.3, -0.25) is 24.0 Å². The van der Waals surface area contributed by atoms with E-state index in [2.05, 4.69) is 0 Å². The van der Waals surface area contributed by atoms with Gasteiger partial charge >= 0.3 is 23.9 Å². The molecule has 47 heavy (non-hydrogen) atoms. The van der Waals surface area contributed by atoms with Crippen LogP contribution in [-0.2, 0) is 57.2 Å². The highest BCUT2D eigenvalue weighted by atomic mass is 16.8. The summed E-state index contributed by atoms with van der Waals surface area (Å²) in [4.78, 5) is 81.2. The predicted molar refractivity (Wildman–Crippen MR) is 153 cm³/mol. The number of ether oxygens (including phenoxy) is 6. The minimum atomic E-state index is -2.11. The van der Waals surface area contributed by atoms with Crippen molar-refractivity contribution in [2.45, 2.75) is 116 Å². The zero-order chi connectivity index (χ0) is 34.1. The summed E-state index contributed by atoms with van der Waals surface area (Å²) in [5, 5.41) is 12.0. The van der Waals surface area contributed by atoms with Crippen LogP contribution in [0, 0.1) is 57.7 Å². The van der Waals surface area contributed by atoms with Gasteiger partial charge in [0.25, 0.3) is 0 Å². The maximum atomic E-state index is 14.7. The summed E-state index contributed by atoms with van der Waals surface area (Å²) in [6, 6.07) is 0. The zero-order valence-electron chi connectivity index (χ0n) is 27.8. The van der Waals surface area contributed by atoms with E-state index < -0.39 is 129 Å². The van der Waals surface area contributed by atoms with Crippen LogP contribution in [0.4, 0.5) is 0 Å². The molecule has 0 radical (unpaired) electrons. The van der Waals surface area contributed by atoms with E-state index in [0.29, 0.717) is 12.8 Å². The molecule has 0 amide bonds. The Bertz CT molecular complexity index is 1550. The number of esters is 4. The number of Topliss-reactive ketones (excluding diaryl/α,β-unsaturated/α-hetero) is 2. The summed E-state index contributed by atoms with van der Waals surface area (Å²) < 4.78 is 36.5. The van der Waals surface area contributed by atoms with Crippen LogP contribution >= 0.6 is 0 Å². The highest BCUT2D eigenvalue weighted by Crippen LogP contribution is 2.80. The number of hydrogen-bond donors (Lipinski definition) is 1. The van der Waals surface area contributed by atoms with Gasteiger partial charge in [0.1, 0.15) is 24.4 Å². The van der Waals surface area contributed by atoms with Crippen LogP contribution < -0.4 is 0 Å². The Morgan fingerprint density at radius 1 is 0.809 bits per heavy atom. The average Bonchev–Trinajstić information content (AvgIpc) is 3.85. The quantitative estimate of drug-likeness (QED) is 0.198. The molecule has 3 saturated heterocycles. The molecule has 1 N–H and O–H groups in total. The molecule has 18 atom stereocenters. The number of aliphatic hydroxyl groups is 1. The minimum absolute atomic E-state index is 0.133. The smallest absolute Gasteiger partial charge is 0.341 e. The molecule has 8 aliphatic rings. The lowest BCUT2D eigenvalue weighted by Crippen LogP contribution is -2.71. The molecule has 0 aromatic carbocycles. The molecule has 0 aromatic heterocycles. The molecule has 8 rings (SSSR count). The summed E-state index contributed by atoms with van der Waals surface area (Å²) in [5.41, 5.74) is -5.79. The van der Waals surface area contributed by atoms with E-state index in [1.165, 1.54) is 27.7 Å². The number of epoxide rings is 2. The highest BCUT2D eigenvalue weighted by molar-refractivity contribution is 6.39. The molecule has 8 fully saturated rings. The van der Waals surface area contributed by atoms with Crippen molar-refractivity contribution in [2.24, 2.45) is 57.7 Å². The molecular weight excluding hydrogens is 616 g/mol. The van der Waals surface area contributed by atoms with Gasteiger partial charge in [0.05, 0.1) is 17.6 Å². The molecule has 0 aromatic rings. The molecular formula is C34H42O13. The van der Waals surface area contributed by atoms with Crippen molar-refractivity contribution in [1.82, 2.24) is 0 Å². The van der Waals surface area contributed by atoms with E-state index in [4.69, 9.17) is 28.4 Å². The monoisotopic (exact) mass is 658 g/mol. The Balaban J connectivity index is 1.41. The molecule has 13 nitrogen and oxygen atoms in total. The van der Waals surface area contributed by atoms with Crippen molar-refractivity contribution >= 4 is 35.4 Å². The molecule has 0 bridgehead atoms. The Labute approximate surface area is 271 Å². The van der Waals surface area contributed by atoms with Crippen molar-refractivity contribution in [2.75, 3.05) is 0 Å². The minimum Gasteiger partial charge on any atom is -0.462 e. The molecule has 1 spiro atoms. The van der Waals surface area contributed by atoms with Gasteiger partial charge in [0.2, 0.25) is 17.4 Å².